The normalized spacial score (nSPS) is 18.6. The Morgan fingerprint density at radius 2 is 1.86 bits per heavy atom. The molecule has 2 amide bonds. The first-order valence-corrected chi connectivity index (χ1v) is 6.54. The largest absolute Gasteiger partial charge is 0.302 e. The average Bonchev–Trinajstić information content (AvgIpc) is 2.49. The van der Waals surface area contributed by atoms with Crippen molar-refractivity contribution in [3.05, 3.63) is 46.4 Å². The molecule has 0 saturated carbocycles. The smallest absolute Gasteiger partial charge is 0.259 e. The van der Waals surface area contributed by atoms with Crippen LogP contribution in [0.3, 0.4) is 0 Å². The lowest BCUT2D eigenvalue weighted by Crippen LogP contribution is -2.44. The van der Waals surface area contributed by atoms with Crippen molar-refractivity contribution in [3.63, 3.8) is 0 Å². The molecule has 1 aliphatic heterocycles. The van der Waals surface area contributed by atoms with Gasteiger partial charge >= 0.3 is 0 Å². The third-order valence-electron chi connectivity index (χ3n) is 3.65. The van der Waals surface area contributed by atoms with E-state index in [-0.39, 0.29) is 24.3 Å². The molecule has 106 valence electrons. The second-order valence-corrected chi connectivity index (χ2v) is 4.93. The molecule has 1 aromatic carbocycles. The number of hydrogen-bond donors (Lipinski definition) is 1. The fraction of sp³-hybridized carbons (Fsp3) is 0.200. The Bertz CT molecular complexity index is 822. The van der Waals surface area contributed by atoms with Crippen molar-refractivity contribution >= 4 is 28.9 Å². The summed E-state index contributed by atoms with van der Waals surface area (Å²) in [6.07, 6.45) is 2.47. The number of pyridine rings is 1. The van der Waals surface area contributed by atoms with Crippen molar-refractivity contribution in [2.24, 2.45) is 0 Å². The van der Waals surface area contributed by atoms with Crippen LogP contribution in [0, 0.1) is 0 Å². The molecule has 6 nitrogen and oxygen atoms in total. The van der Waals surface area contributed by atoms with Crippen LogP contribution in [0.2, 0.25) is 0 Å². The van der Waals surface area contributed by atoms with E-state index in [9.17, 15) is 19.2 Å². The number of benzene rings is 1. The molecule has 1 unspecified atom stereocenters. The number of imide groups is 1. The summed E-state index contributed by atoms with van der Waals surface area (Å²) in [7, 11) is 0. The van der Waals surface area contributed by atoms with Crippen LogP contribution in [0.4, 0.5) is 0 Å². The van der Waals surface area contributed by atoms with Crippen molar-refractivity contribution in [2.75, 3.05) is 0 Å². The third kappa shape index (κ3) is 2.14. The molecule has 1 saturated heterocycles. The summed E-state index contributed by atoms with van der Waals surface area (Å²) in [5, 5.41) is 3.15. The summed E-state index contributed by atoms with van der Waals surface area (Å²) < 4.78 is 1.24. The predicted octanol–water partition coefficient (Wildman–Crippen LogP) is 0.792. The van der Waals surface area contributed by atoms with Gasteiger partial charge in [-0.05, 0) is 17.9 Å². The second-order valence-electron chi connectivity index (χ2n) is 4.93. The highest BCUT2D eigenvalue weighted by atomic mass is 16.2. The summed E-state index contributed by atoms with van der Waals surface area (Å²) >= 11 is 0. The standard InChI is InChI=1S/C15H12N2O4/c18-8-9-7-17(12-5-6-13(19)16-14(12)20)15(21)11-4-2-1-3-10(9)11/h1-4,7-8,12H,5-6H2,(H,16,19,20). The molecule has 1 aliphatic rings. The van der Waals surface area contributed by atoms with E-state index in [2.05, 4.69) is 5.32 Å². The lowest BCUT2D eigenvalue weighted by atomic mass is 10.0. The summed E-state index contributed by atoms with van der Waals surface area (Å²) in [6.45, 7) is 0. The van der Waals surface area contributed by atoms with E-state index < -0.39 is 11.9 Å². The van der Waals surface area contributed by atoms with Crippen molar-refractivity contribution < 1.29 is 14.4 Å². The number of aromatic nitrogens is 1. The Hall–Kier alpha value is -2.76. The zero-order chi connectivity index (χ0) is 15.0. The van der Waals surface area contributed by atoms with Gasteiger partial charge in [0.1, 0.15) is 6.04 Å². The van der Waals surface area contributed by atoms with Crippen LogP contribution in [0.15, 0.2) is 35.3 Å². The van der Waals surface area contributed by atoms with Crippen LogP contribution in [0.1, 0.15) is 29.2 Å². The van der Waals surface area contributed by atoms with E-state index in [0.29, 0.717) is 22.6 Å². The fourth-order valence-corrected chi connectivity index (χ4v) is 2.61. The zero-order valence-corrected chi connectivity index (χ0v) is 11.0. The van der Waals surface area contributed by atoms with Crippen molar-refractivity contribution in [3.8, 4) is 0 Å². The average molecular weight is 284 g/mol. The molecule has 1 N–H and O–H groups in total. The van der Waals surface area contributed by atoms with Crippen LogP contribution >= 0.6 is 0 Å². The Labute approximate surface area is 119 Å². The van der Waals surface area contributed by atoms with Gasteiger partial charge < -0.3 is 4.57 Å². The number of hydrogen-bond acceptors (Lipinski definition) is 4. The van der Waals surface area contributed by atoms with Gasteiger partial charge in [0.15, 0.2) is 6.29 Å². The topological polar surface area (TPSA) is 85.2 Å². The summed E-state index contributed by atoms with van der Waals surface area (Å²) in [5.41, 5.74) is 0.000555. The number of nitrogens with zero attached hydrogens (tertiary/aromatic N) is 1. The molecule has 0 aliphatic carbocycles. The minimum Gasteiger partial charge on any atom is -0.302 e. The minimum atomic E-state index is -0.765. The number of nitrogens with one attached hydrogen (secondary N) is 1. The molecule has 21 heavy (non-hydrogen) atoms. The Kier molecular flexibility index (Phi) is 3.13. The first-order valence-electron chi connectivity index (χ1n) is 6.54. The van der Waals surface area contributed by atoms with E-state index in [0.717, 1.165) is 0 Å². The number of amides is 2. The van der Waals surface area contributed by atoms with E-state index in [1.165, 1.54) is 10.8 Å². The maximum absolute atomic E-state index is 12.5. The van der Waals surface area contributed by atoms with E-state index in [1.807, 2.05) is 0 Å². The lowest BCUT2D eigenvalue weighted by molar-refractivity contribution is -0.135. The fourth-order valence-electron chi connectivity index (χ4n) is 2.61. The first-order chi connectivity index (χ1) is 10.1. The van der Waals surface area contributed by atoms with Gasteiger partial charge in [-0.3, -0.25) is 24.5 Å². The number of carbonyl (C=O) groups is 3. The predicted molar refractivity (Wildman–Crippen MR) is 75.0 cm³/mol. The van der Waals surface area contributed by atoms with Gasteiger partial charge in [0.2, 0.25) is 11.8 Å². The molecule has 0 spiro atoms. The van der Waals surface area contributed by atoms with Crippen LogP contribution in [-0.2, 0) is 9.59 Å². The van der Waals surface area contributed by atoms with Gasteiger partial charge in [0.05, 0.1) is 0 Å². The van der Waals surface area contributed by atoms with Gasteiger partial charge in [0.25, 0.3) is 5.56 Å². The number of piperidine rings is 1. The summed E-state index contributed by atoms with van der Waals surface area (Å²) in [6, 6.07) is 5.99. The molecule has 0 radical (unpaired) electrons. The zero-order valence-electron chi connectivity index (χ0n) is 11.0. The summed E-state index contributed by atoms with van der Waals surface area (Å²) in [4.78, 5) is 46.8. The molecule has 2 aromatic rings. The molecular formula is C15H12N2O4. The molecule has 1 aromatic heterocycles. The quantitative estimate of drug-likeness (QED) is 0.652. The van der Waals surface area contributed by atoms with Gasteiger partial charge in [-0.1, -0.05) is 18.2 Å². The van der Waals surface area contributed by atoms with Crippen LogP contribution in [0.25, 0.3) is 10.8 Å². The van der Waals surface area contributed by atoms with E-state index in [1.54, 1.807) is 24.3 Å². The number of aldehydes is 1. The SMILES string of the molecule is O=Cc1cn(C2CCC(=O)NC2=O)c(=O)c2ccccc12. The Morgan fingerprint density at radius 3 is 2.52 bits per heavy atom. The molecular weight excluding hydrogens is 272 g/mol. The molecule has 2 heterocycles. The molecule has 6 heteroatoms. The molecule has 1 fully saturated rings. The maximum Gasteiger partial charge on any atom is 0.259 e. The first kappa shape index (κ1) is 13.2. The Balaban J connectivity index is 2.22. The third-order valence-corrected chi connectivity index (χ3v) is 3.65. The highest BCUT2D eigenvalue weighted by Crippen LogP contribution is 2.20. The van der Waals surface area contributed by atoms with Crippen LogP contribution < -0.4 is 10.9 Å². The molecule has 3 rings (SSSR count). The molecule has 0 bridgehead atoms. The van der Waals surface area contributed by atoms with E-state index >= 15 is 0 Å². The van der Waals surface area contributed by atoms with Gasteiger partial charge in [-0.25, -0.2) is 0 Å². The summed E-state index contributed by atoms with van der Waals surface area (Å²) in [5.74, 6) is -0.860. The van der Waals surface area contributed by atoms with Gasteiger partial charge in [-0.15, -0.1) is 0 Å². The molecule has 1 atom stereocenters. The second kappa shape index (κ2) is 4.97. The van der Waals surface area contributed by atoms with Gasteiger partial charge in [-0.2, -0.15) is 0 Å². The highest BCUT2D eigenvalue weighted by molar-refractivity contribution is 6.00. The van der Waals surface area contributed by atoms with Gasteiger partial charge in [0, 0.05) is 23.6 Å². The number of rotatable bonds is 2. The van der Waals surface area contributed by atoms with Crippen LogP contribution in [-0.4, -0.2) is 22.7 Å². The Morgan fingerprint density at radius 1 is 1.14 bits per heavy atom. The number of carbonyl (C=O) groups excluding carboxylic acids is 3. The van der Waals surface area contributed by atoms with E-state index in [4.69, 9.17) is 0 Å². The minimum absolute atomic E-state index is 0.173. The lowest BCUT2D eigenvalue weighted by Gasteiger charge is -2.23. The van der Waals surface area contributed by atoms with Crippen molar-refractivity contribution in [1.82, 2.24) is 9.88 Å². The monoisotopic (exact) mass is 284 g/mol. The maximum atomic E-state index is 12.5. The van der Waals surface area contributed by atoms with Crippen molar-refractivity contribution in [2.45, 2.75) is 18.9 Å². The number of fused-ring (bicyclic) bond motifs is 1. The van der Waals surface area contributed by atoms with Crippen molar-refractivity contribution in [1.29, 1.82) is 0 Å². The highest BCUT2D eigenvalue weighted by Gasteiger charge is 2.29. The van der Waals surface area contributed by atoms with Crippen LogP contribution in [0.5, 0.6) is 0 Å².